The summed E-state index contributed by atoms with van der Waals surface area (Å²) in [6.07, 6.45) is 0.274. The number of hydrogen-bond donors (Lipinski definition) is 1. The van der Waals surface area contributed by atoms with Gasteiger partial charge in [-0.2, -0.15) is 8.42 Å². The van der Waals surface area contributed by atoms with Crippen LogP contribution in [0.2, 0.25) is 0 Å². The van der Waals surface area contributed by atoms with E-state index in [-0.39, 0.29) is 17.6 Å². The lowest BCUT2D eigenvalue weighted by atomic mass is 10.0. The standard InChI is InChI=1S/C16H15NO4S/c18-16-8-3-7-15-13(16)11-12-5-1-2-6-14(12)17(15)9-4-10-22(19,20)21/h1-3,5-8,11H,4,9-10H2,(H,19,20,21). The van der Waals surface area contributed by atoms with E-state index in [1.165, 1.54) is 6.07 Å². The van der Waals surface area contributed by atoms with Gasteiger partial charge in [-0.1, -0.05) is 24.3 Å². The molecular formula is C16H15NO4S. The van der Waals surface area contributed by atoms with Crippen LogP contribution in [-0.2, 0) is 16.7 Å². The zero-order valence-corrected chi connectivity index (χ0v) is 12.6. The Hall–Kier alpha value is -2.18. The van der Waals surface area contributed by atoms with Crippen molar-refractivity contribution in [3.05, 3.63) is 58.8 Å². The van der Waals surface area contributed by atoms with Gasteiger partial charge in [0.15, 0.2) is 5.43 Å². The predicted molar refractivity (Wildman–Crippen MR) is 85.9 cm³/mol. The molecule has 1 heterocycles. The first kappa shape index (κ1) is 14.7. The summed E-state index contributed by atoms with van der Waals surface area (Å²) in [4.78, 5) is 12.1. The van der Waals surface area contributed by atoms with Crippen LogP contribution in [0.15, 0.2) is 53.3 Å². The molecule has 114 valence electrons. The minimum absolute atomic E-state index is 0.0632. The second kappa shape index (κ2) is 5.55. The molecule has 1 aliphatic heterocycles. The smallest absolute Gasteiger partial charge is 0.264 e. The third-order valence-corrected chi connectivity index (χ3v) is 4.45. The van der Waals surface area contributed by atoms with Gasteiger partial charge < -0.3 is 4.57 Å². The van der Waals surface area contributed by atoms with Crippen molar-refractivity contribution in [3.8, 4) is 11.3 Å². The monoisotopic (exact) mass is 317 g/mol. The van der Waals surface area contributed by atoms with Gasteiger partial charge in [-0.25, -0.2) is 0 Å². The second-order valence-corrected chi connectivity index (χ2v) is 6.76. The molecule has 0 unspecified atom stereocenters. The van der Waals surface area contributed by atoms with Crippen molar-refractivity contribution in [2.24, 2.45) is 0 Å². The summed E-state index contributed by atoms with van der Waals surface area (Å²) in [7, 11) is -3.98. The molecule has 0 saturated carbocycles. The molecule has 3 rings (SSSR count). The van der Waals surface area contributed by atoms with E-state index in [0.29, 0.717) is 12.1 Å². The number of rotatable bonds is 4. The third kappa shape index (κ3) is 2.88. The Balaban J connectivity index is 2.16. The van der Waals surface area contributed by atoms with Crippen LogP contribution in [-0.4, -0.2) is 23.3 Å². The first-order valence-corrected chi connectivity index (χ1v) is 8.53. The molecule has 0 fully saturated rings. The summed E-state index contributed by atoms with van der Waals surface area (Å²) in [6, 6.07) is 14.5. The molecule has 0 aromatic heterocycles. The van der Waals surface area contributed by atoms with Crippen molar-refractivity contribution < 1.29 is 13.0 Å². The Bertz CT molecular complexity index is 959. The molecule has 0 atom stereocenters. The molecule has 0 spiro atoms. The second-order valence-electron chi connectivity index (χ2n) is 5.18. The number of nitrogens with zero attached hydrogens (tertiary/aromatic N) is 1. The maximum absolute atomic E-state index is 12.1. The molecule has 22 heavy (non-hydrogen) atoms. The lowest BCUT2D eigenvalue weighted by Gasteiger charge is -2.18. The SMILES string of the molecule is O=c1cccc2n(CCCS(=O)(=O)O)c3ccccc3cc1-2. The maximum Gasteiger partial charge on any atom is 0.264 e. The molecule has 2 aliphatic rings. The van der Waals surface area contributed by atoms with Crippen molar-refractivity contribution >= 4 is 21.0 Å². The number of para-hydroxylation sites is 1. The number of hydrogen-bond acceptors (Lipinski definition) is 3. The van der Waals surface area contributed by atoms with Crippen LogP contribution in [0, 0.1) is 0 Å². The van der Waals surface area contributed by atoms with E-state index in [9.17, 15) is 13.2 Å². The van der Waals surface area contributed by atoms with Gasteiger partial charge in [-0.3, -0.25) is 9.35 Å². The van der Waals surface area contributed by atoms with E-state index in [1.807, 2.05) is 41.0 Å². The van der Waals surface area contributed by atoms with Crippen LogP contribution in [0.25, 0.3) is 22.2 Å². The summed E-state index contributed by atoms with van der Waals surface area (Å²) in [6.45, 7) is 0.404. The third-order valence-electron chi connectivity index (χ3n) is 3.65. The van der Waals surface area contributed by atoms with Gasteiger partial charge in [0.2, 0.25) is 0 Å². The molecule has 1 aliphatic carbocycles. The van der Waals surface area contributed by atoms with Gasteiger partial charge in [0.25, 0.3) is 10.1 Å². The predicted octanol–water partition coefficient (Wildman–Crippen LogP) is 2.38. The topological polar surface area (TPSA) is 76.4 Å². The quantitative estimate of drug-likeness (QED) is 0.592. The van der Waals surface area contributed by atoms with E-state index >= 15 is 0 Å². The van der Waals surface area contributed by atoms with Crippen LogP contribution in [0.3, 0.4) is 0 Å². The maximum atomic E-state index is 12.1. The lowest BCUT2D eigenvalue weighted by molar-refractivity contribution is 0.479. The van der Waals surface area contributed by atoms with E-state index in [1.54, 1.807) is 6.07 Å². The average molecular weight is 317 g/mol. The van der Waals surface area contributed by atoms with E-state index in [2.05, 4.69) is 0 Å². The van der Waals surface area contributed by atoms with Crippen LogP contribution in [0.4, 0.5) is 0 Å². The Morgan fingerprint density at radius 1 is 1.05 bits per heavy atom. The zero-order valence-electron chi connectivity index (χ0n) is 11.8. The number of fused-ring (bicyclic) bond motifs is 2. The van der Waals surface area contributed by atoms with Gasteiger partial charge >= 0.3 is 0 Å². The van der Waals surface area contributed by atoms with E-state index in [4.69, 9.17) is 4.55 Å². The molecule has 0 bridgehead atoms. The molecular weight excluding hydrogens is 302 g/mol. The Labute approximate surface area is 127 Å². The van der Waals surface area contributed by atoms with Gasteiger partial charge in [0.1, 0.15) is 0 Å². The van der Waals surface area contributed by atoms with E-state index < -0.39 is 10.1 Å². The number of pyridine rings is 1. The Morgan fingerprint density at radius 2 is 1.82 bits per heavy atom. The summed E-state index contributed by atoms with van der Waals surface area (Å²) in [5, 5.41) is 0.921. The van der Waals surface area contributed by atoms with Crippen LogP contribution in [0.5, 0.6) is 0 Å². The molecule has 5 nitrogen and oxygen atoms in total. The lowest BCUT2D eigenvalue weighted by Crippen LogP contribution is -2.14. The van der Waals surface area contributed by atoms with Crippen molar-refractivity contribution in [2.75, 3.05) is 5.75 Å². The number of benzene rings is 2. The molecule has 0 radical (unpaired) electrons. The van der Waals surface area contributed by atoms with Crippen molar-refractivity contribution in [1.82, 2.24) is 4.57 Å². The molecule has 0 saturated heterocycles. The minimum atomic E-state index is -3.98. The van der Waals surface area contributed by atoms with E-state index in [0.717, 1.165) is 16.6 Å². The highest BCUT2D eigenvalue weighted by atomic mass is 32.2. The van der Waals surface area contributed by atoms with Crippen molar-refractivity contribution in [2.45, 2.75) is 13.0 Å². The molecule has 1 aromatic rings. The molecule has 6 heteroatoms. The van der Waals surface area contributed by atoms with Crippen LogP contribution >= 0.6 is 0 Å². The minimum Gasteiger partial charge on any atom is -0.340 e. The number of aromatic nitrogens is 1. The molecule has 1 N–H and O–H groups in total. The first-order valence-electron chi connectivity index (χ1n) is 6.92. The summed E-state index contributed by atoms with van der Waals surface area (Å²) in [5.74, 6) is -0.304. The highest BCUT2D eigenvalue weighted by Crippen LogP contribution is 2.26. The van der Waals surface area contributed by atoms with Crippen molar-refractivity contribution in [1.29, 1.82) is 0 Å². The fourth-order valence-corrected chi connectivity index (χ4v) is 3.19. The Kier molecular flexibility index (Phi) is 3.72. The fraction of sp³-hybridized carbons (Fsp3) is 0.188. The van der Waals surface area contributed by atoms with Crippen molar-refractivity contribution in [3.63, 3.8) is 0 Å². The van der Waals surface area contributed by atoms with Gasteiger partial charge in [-0.15, -0.1) is 0 Å². The summed E-state index contributed by atoms with van der Waals surface area (Å²) >= 11 is 0. The Morgan fingerprint density at radius 3 is 2.59 bits per heavy atom. The largest absolute Gasteiger partial charge is 0.340 e. The van der Waals surface area contributed by atoms with Gasteiger partial charge in [0, 0.05) is 17.6 Å². The van der Waals surface area contributed by atoms with Crippen LogP contribution < -0.4 is 5.43 Å². The van der Waals surface area contributed by atoms with Crippen LogP contribution in [0.1, 0.15) is 6.42 Å². The zero-order chi connectivity index (χ0) is 15.7. The highest BCUT2D eigenvalue weighted by molar-refractivity contribution is 7.85. The van der Waals surface area contributed by atoms with Gasteiger partial charge in [-0.05, 0) is 36.1 Å². The highest BCUT2D eigenvalue weighted by Gasteiger charge is 2.13. The normalized spacial score (nSPS) is 12.0. The molecule has 1 aromatic carbocycles. The summed E-state index contributed by atoms with van der Waals surface area (Å²) in [5.41, 5.74) is 2.23. The number of aryl methyl sites for hydroxylation is 1. The van der Waals surface area contributed by atoms with Gasteiger partial charge in [0.05, 0.1) is 11.4 Å². The molecule has 0 amide bonds. The summed E-state index contributed by atoms with van der Waals surface area (Å²) < 4.78 is 32.6. The average Bonchev–Trinajstić information content (AvgIpc) is 2.46. The first-order chi connectivity index (χ1) is 10.5. The fourth-order valence-electron chi connectivity index (χ4n) is 2.70.